The molecule has 1 N–H and O–H groups in total. The number of para-hydroxylation sites is 2. The summed E-state index contributed by atoms with van der Waals surface area (Å²) in [6, 6.07) is 10.3. The number of carbonyl (C=O) groups excluding carboxylic acids is 1. The lowest BCUT2D eigenvalue weighted by Gasteiger charge is -2.23. The molecule has 0 aliphatic carbocycles. The van der Waals surface area contributed by atoms with Gasteiger partial charge in [0.15, 0.2) is 23.1 Å². The van der Waals surface area contributed by atoms with Crippen LogP contribution in [0.4, 0.5) is 14.5 Å². The molecule has 1 aliphatic heterocycles. The predicted molar refractivity (Wildman–Crippen MR) is 95.3 cm³/mol. The number of aromatic nitrogens is 2. The van der Waals surface area contributed by atoms with E-state index in [1.807, 2.05) is 12.1 Å². The van der Waals surface area contributed by atoms with Crippen molar-refractivity contribution in [2.75, 3.05) is 17.7 Å². The van der Waals surface area contributed by atoms with E-state index in [9.17, 15) is 13.6 Å². The van der Waals surface area contributed by atoms with Crippen LogP contribution in [0.5, 0.6) is 11.5 Å². The molecule has 1 amide bonds. The van der Waals surface area contributed by atoms with E-state index in [0.29, 0.717) is 11.5 Å². The molecule has 0 saturated heterocycles. The van der Waals surface area contributed by atoms with Gasteiger partial charge in [-0.3, -0.25) is 4.79 Å². The van der Waals surface area contributed by atoms with Crippen molar-refractivity contribution < 1.29 is 27.5 Å². The number of benzene rings is 2. The van der Waals surface area contributed by atoms with E-state index in [1.54, 1.807) is 12.1 Å². The number of thioether (sulfide) groups is 1. The van der Waals surface area contributed by atoms with Gasteiger partial charge in [-0.2, -0.15) is 0 Å². The van der Waals surface area contributed by atoms with E-state index in [-0.39, 0.29) is 29.2 Å². The van der Waals surface area contributed by atoms with Crippen molar-refractivity contribution in [3.63, 3.8) is 0 Å². The Morgan fingerprint density at radius 3 is 2.79 bits per heavy atom. The van der Waals surface area contributed by atoms with Crippen LogP contribution in [0, 0.1) is 11.6 Å². The number of amides is 1. The first-order valence-corrected chi connectivity index (χ1v) is 9.16. The average molecular weight is 405 g/mol. The van der Waals surface area contributed by atoms with Gasteiger partial charge >= 0.3 is 0 Å². The summed E-state index contributed by atoms with van der Waals surface area (Å²) in [6.07, 6.45) is -0.548. The zero-order valence-electron chi connectivity index (χ0n) is 14.2. The van der Waals surface area contributed by atoms with Crippen LogP contribution in [-0.2, 0) is 4.79 Å². The summed E-state index contributed by atoms with van der Waals surface area (Å²) in [4.78, 5) is 11.9. The quantitative estimate of drug-likeness (QED) is 0.649. The highest BCUT2D eigenvalue weighted by atomic mass is 32.2. The monoisotopic (exact) mass is 405 g/mol. The zero-order chi connectivity index (χ0) is 19.5. The van der Waals surface area contributed by atoms with Gasteiger partial charge < -0.3 is 19.2 Å². The molecule has 3 aromatic rings. The Morgan fingerprint density at radius 1 is 1.14 bits per heavy atom. The first-order chi connectivity index (χ1) is 13.6. The van der Waals surface area contributed by atoms with E-state index in [4.69, 9.17) is 13.9 Å². The first-order valence-electron chi connectivity index (χ1n) is 8.18. The van der Waals surface area contributed by atoms with Crippen molar-refractivity contribution in [2.45, 2.75) is 11.3 Å². The van der Waals surface area contributed by atoms with Crippen LogP contribution in [-0.4, -0.2) is 28.5 Å². The van der Waals surface area contributed by atoms with Crippen molar-refractivity contribution in [3.8, 4) is 11.5 Å². The fraction of sp³-hybridized carbons (Fsp3) is 0.167. The van der Waals surface area contributed by atoms with Crippen molar-refractivity contribution in [1.82, 2.24) is 10.2 Å². The van der Waals surface area contributed by atoms with Crippen LogP contribution in [0.3, 0.4) is 0 Å². The second-order valence-corrected chi connectivity index (χ2v) is 6.66. The van der Waals surface area contributed by atoms with Crippen molar-refractivity contribution in [3.05, 3.63) is 60.0 Å². The average Bonchev–Trinajstić information content (AvgIpc) is 3.18. The number of nitrogens with zero attached hydrogens (tertiary/aromatic N) is 2. The third-order valence-corrected chi connectivity index (χ3v) is 4.55. The number of hydrogen-bond donors (Lipinski definition) is 1. The topological polar surface area (TPSA) is 86.5 Å². The summed E-state index contributed by atoms with van der Waals surface area (Å²) >= 11 is 1.01. The van der Waals surface area contributed by atoms with Crippen LogP contribution in [0.15, 0.2) is 52.1 Å². The molecule has 2 heterocycles. The summed E-state index contributed by atoms with van der Waals surface area (Å²) in [6.45, 7) is 0.222. The minimum atomic E-state index is -1.04. The summed E-state index contributed by atoms with van der Waals surface area (Å²) < 4.78 is 43.0. The van der Waals surface area contributed by atoms with Crippen molar-refractivity contribution >= 4 is 23.4 Å². The normalized spacial score (nSPS) is 15.3. The molecule has 10 heteroatoms. The van der Waals surface area contributed by atoms with E-state index >= 15 is 0 Å². The Labute approximate surface area is 162 Å². The van der Waals surface area contributed by atoms with Gasteiger partial charge in [-0.05, 0) is 24.3 Å². The molecule has 0 radical (unpaired) electrons. The number of anilines is 1. The molecule has 1 aromatic heterocycles. The first kappa shape index (κ1) is 18.2. The number of carbonyl (C=O) groups is 1. The van der Waals surface area contributed by atoms with Crippen molar-refractivity contribution in [1.29, 1.82) is 0 Å². The molecule has 1 aliphatic rings. The minimum absolute atomic E-state index is 0.0501. The van der Waals surface area contributed by atoms with Crippen LogP contribution in [0.25, 0.3) is 0 Å². The Morgan fingerprint density at radius 2 is 1.96 bits per heavy atom. The third kappa shape index (κ3) is 4.06. The standard InChI is InChI=1S/C18H13F2N3O4S/c19-11-6-5-10(7-12(11)20)21-16(24)9-28-18-23-22-17(27-18)15-8-25-13-3-1-2-4-14(13)26-15/h1-7,15H,8-9H2,(H,21,24)/t15-/m0/s1. The highest BCUT2D eigenvalue weighted by Gasteiger charge is 2.27. The molecule has 0 fully saturated rings. The van der Waals surface area contributed by atoms with Gasteiger partial charge in [0.1, 0.15) is 6.61 Å². The lowest BCUT2D eigenvalue weighted by atomic mass is 10.2. The Balaban J connectivity index is 1.32. The molecule has 1 atom stereocenters. The summed E-state index contributed by atoms with van der Waals surface area (Å²) in [5.41, 5.74) is 0.155. The number of rotatable bonds is 5. The molecule has 0 spiro atoms. The lowest BCUT2D eigenvalue weighted by molar-refractivity contribution is -0.113. The Hall–Kier alpha value is -3.14. The Bertz CT molecular complexity index is 1010. The molecule has 4 rings (SSSR count). The smallest absolute Gasteiger partial charge is 0.277 e. The molecule has 2 aromatic carbocycles. The van der Waals surface area contributed by atoms with E-state index in [2.05, 4.69) is 15.5 Å². The molecular weight excluding hydrogens is 392 g/mol. The SMILES string of the molecule is O=C(CSc1nnc([C@@H]2COc3ccccc3O2)o1)Nc1ccc(F)c(F)c1. The molecule has 0 bridgehead atoms. The predicted octanol–water partition coefficient (Wildman–Crippen LogP) is 3.59. The second kappa shape index (κ2) is 7.85. The number of hydrogen-bond acceptors (Lipinski definition) is 7. The lowest BCUT2D eigenvalue weighted by Crippen LogP contribution is -2.21. The van der Waals surface area contributed by atoms with Crippen LogP contribution < -0.4 is 14.8 Å². The van der Waals surface area contributed by atoms with Crippen LogP contribution in [0.1, 0.15) is 12.0 Å². The fourth-order valence-corrected chi connectivity index (χ4v) is 3.02. The third-order valence-electron chi connectivity index (χ3n) is 3.74. The van der Waals surface area contributed by atoms with Gasteiger partial charge in [0.05, 0.1) is 5.75 Å². The molecule has 0 unspecified atom stereocenters. The summed E-state index contributed by atoms with van der Waals surface area (Å²) in [5.74, 6) is -1.05. The number of halogens is 2. The van der Waals surface area contributed by atoms with Gasteiger partial charge in [0.25, 0.3) is 11.1 Å². The van der Waals surface area contributed by atoms with Gasteiger partial charge in [0, 0.05) is 11.8 Å². The molecule has 7 nitrogen and oxygen atoms in total. The molecule has 144 valence electrons. The minimum Gasteiger partial charge on any atom is -0.485 e. The highest BCUT2D eigenvalue weighted by molar-refractivity contribution is 7.99. The fourth-order valence-electron chi connectivity index (χ4n) is 2.45. The van der Waals surface area contributed by atoms with Gasteiger partial charge in [-0.25, -0.2) is 8.78 Å². The summed E-state index contributed by atoms with van der Waals surface area (Å²) in [7, 11) is 0. The molecular formula is C18H13F2N3O4S. The van der Waals surface area contributed by atoms with E-state index in [1.165, 1.54) is 6.07 Å². The highest BCUT2D eigenvalue weighted by Crippen LogP contribution is 2.35. The second-order valence-electron chi connectivity index (χ2n) is 5.74. The maximum atomic E-state index is 13.2. The maximum absolute atomic E-state index is 13.2. The largest absolute Gasteiger partial charge is 0.485 e. The van der Waals surface area contributed by atoms with Gasteiger partial charge in [0.2, 0.25) is 12.0 Å². The van der Waals surface area contributed by atoms with Crippen LogP contribution >= 0.6 is 11.8 Å². The maximum Gasteiger partial charge on any atom is 0.277 e. The van der Waals surface area contributed by atoms with E-state index in [0.717, 1.165) is 23.9 Å². The Kier molecular flexibility index (Phi) is 5.11. The molecule has 28 heavy (non-hydrogen) atoms. The molecule has 0 saturated carbocycles. The van der Waals surface area contributed by atoms with Gasteiger partial charge in [-0.15, -0.1) is 10.2 Å². The van der Waals surface area contributed by atoms with E-state index < -0.39 is 23.6 Å². The number of nitrogens with one attached hydrogen (secondary N) is 1. The zero-order valence-corrected chi connectivity index (χ0v) is 15.0. The van der Waals surface area contributed by atoms with Crippen LogP contribution in [0.2, 0.25) is 0 Å². The summed E-state index contributed by atoms with van der Waals surface area (Å²) in [5, 5.41) is 10.4. The van der Waals surface area contributed by atoms with Gasteiger partial charge in [-0.1, -0.05) is 23.9 Å². The number of ether oxygens (including phenoxy) is 2. The van der Waals surface area contributed by atoms with Crippen molar-refractivity contribution in [2.24, 2.45) is 0 Å². The number of fused-ring (bicyclic) bond motifs is 1.